The Hall–Kier alpha value is -0.600. The number of allylic oxidation sites excluding steroid dienone is 1. The third-order valence-corrected chi connectivity index (χ3v) is 4.51. The van der Waals surface area contributed by atoms with Gasteiger partial charge < -0.3 is 5.73 Å². The van der Waals surface area contributed by atoms with Crippen LogP contribution in [0.4, 0.5) is 0 Å². The molecule has 2 N–H and O–H groups in total. The Kier molecular flexibility index (Phi) is 4.19. The molecule has 16 heavy (non-hydrogen) atoms. The van der Waals surface area contributed by atoms with Crippen molar-refractivity contribution in [3.8, 4) is 0 Å². The van der Waals surface area contributed by atoms with E-state index in [-0.39, 0.29) is 6.04 Å². The molecule has 2 rings (SSSR count). The summed E-state index contributed by atoms with van der Waals surface area (Å²) < 4.78 is 0. The molecule has 1 aromatic rings. The summed E-state index contributed by atoms with van der Waals surface area (Å²) in [5, 5.41) is 2.15. The molecule has 1 nitrogen and oxygen atoms in total. The first kappa shape index (κ1) is 11.9. The molecule has 1 heterocycles. The summed E-state index contributed by atoms with van der Waals surface area (Å²) in [7, 11) is 0. The molecule has 0 radical (unpaired) electrons. The predicted molar refractivity (Wildman–Crippen MR) is 71.8 cm³/mol. The molecule has 2 heteroatoms. The molecule has 0 amide bonds. The average Bonchev–Trinajstić information content (AvgIpc) is 2.63. The summed E-state index contributed by atoms with van der Waals surface area (Å²) >= 11 is 1.80. The summed E-state index contributed by atoms with van der Waals surface area (Å²) in [5.41, 5.74) is 9.19. The Morgan fingerprint density at radius 3 is 2.81 bits per heavy atom. The third kappa shape index (κ3) is 2.74. The van der Waals surface area contributed by atoms with E-state index in [1.807, 2.05) is 0 Å². The lowest BCUT2D eigenvalue weighted by Crippen LogP contribution is -2.13. The fraction of sp³-hybridized carbons (Fsp3) is 0.571. The smallest absolute Gasteiger partial charge is 0.0608 e. The van der Waals surface area contributed by atoms with Gasteiger partial charge in [0.2, 0.25) is 0 Å². The van der Waals surface area contributed by atoms with Crippen LogP contribution in [0.3, 0.4) is 0 Å². The minimum absolute atomic E-state index is 0.151. The highest BCUT2D eigenvalue weighted by molar-refractivity contribution is 7.10. The van der Waals surface area contributed by atoms with Crippen molar-refractivity contribution in [2.24, 2.45) is 5.73 Å². The molecule has 1 atom stereocenters. The summed E-state index contributed by atoms with van der Waals surface area (Å²) in [6.45, 7) is 2.16. The standard InChI is InChI=1S/C14H21NS/c1-11-9-10-16-14(11)13(15)12-7-5-3-2-4-6-8-12/h7,9-10,13H,2-6,8,15H2,1H3/b12-7+. The van der Waals surface area contributed by atoms with Gasteiger partial charge in [0.15, 0.2) is 0 Å². The van der Waals surface area contributed by atoms with Crippen LogP contribution in [-0.2, 0) is 0 Å². The molecule has 0 saturated carbocycles. The van der Waals surface area contributed by atoms with Gasteiger partial charge in [0.1, 0.15) is 0 Å². The fourth-order valence-electron chi connectivity index (χ4n) is 2.37. The van der Waals surface area contributed by atoms with Crippen LogP contribution in [0, 0.1) is 6.92 Å². The molecule has 0 aromatic carbocycles. The maximum Gasteiger partial charge on any atom is 0.0608 e. The molecule has 1 aliphatic rings. The van der Waals surface area contributed by atoms with Gasteiger partial charge in [-0.15, -0.1) is 11.3 Å². The zero-order valence-corrected chi connectivity index (χ0v) is 10.9. The molecule has 0 bridgehead atoms. The summed E-state index contributed by atoms with van der Waals surface area (Å²) in [6.07, 6.45) is 10.2. The van der Waals surface area contributed by atoms with Gasteiger partial charge in [0.05, 0.1) is 6.04 Å². The topological polar surface area (TPSA) is 26.0 Å². The minimum Gasteiger partial charge on any atom is -0.320 e. The lowest BCUT2D eigenvalue weighted by molar-refractivity contribution is 0.604. The maximum atomic E-state index is 6.38. The molecule has 1 aromatic heterocycles. The van der Waals surface area contributed by atoms with Gasteiger partial charge in [-0.2, -0.15) is 0 Å². The van der Waals surface area contributed by atoms with Crippen LogP contribution in [-0.4, -0.2) is 0 Å². The first-order chi connectivity index (χ1) is 7.79. The van der Waals surface area contributed by atoms with Crippen molar-refractivity contribution in [3.05, 3.63) is 33.5 Å². The van der Waals surface area contributed by atoms with Crippen molar-refractivity contribution in [1.82, 2.24) is 0 Å². The first-order valence-corrected chi connectivity index (χ1v) is 7.15. The van der Waals surface area contributed by atoms with E-state index in [0.717, 1.165) is 0 Å². The van der Waals surface area contributed by atoms with Gasteiger partial charge in [-0.05, 0) is 49.6 Å². The van der Waals surface area contributed by atoms with E-state index in [1.165, 1.54) is 54.5 Å². The second-order valence-corrected chi connectivity index (χ2v) is 5.63. The molecule has 0 spiro atoms. The van der Waals surface area contributed by atoms with E-state index in [2.05, 4.69) is 24.4 Å². The first-order valence-electron chi connectivity index (χ1n) is 6.27. The Morgan fingerprint density at radius 2 is 2.06 bits per heavy atom. The van der Waals surface area contributed by atoms with Crippen LogP contribution in [0.2, 0.25) is 0 Å². The highest BCUT2D eigenvalue weighted by Gasteiger charge is 2.15. The minimum atomic E-state index is 0.151. The number of hydrogen-bond donors (Lipinski definition) is 1. The Bertz CT molecular complexity index is 365. The third-order valence-electron chi connectivity index (χ3n) is 3.41. The van der Waals surface area contributed by atoms with Crippen molar-refractivity contribution < 1.29 is 0 Å². The van der Waals surface area contributed by atoms with Crippen molar-refractivity contribution >= 4 is 11.3 Å². The quantitative estimate of drug-likeness (QED) is 0.758. The van der Waals surface area contributed by atoms with Crippen LogP contribution in [0.25, 0.3) is 0 Å². The number of aryl methyl sites for hydroxylation is 1. The van der Waals surface area contributed by atoms with Gasteiger partial charge in [0.25, 0.3) is 0 Å². The zero-order valence-electron chi connectivity index (χ0n) is 10.0. The molecule has 1 unspecified atom stereocenters. The monoisotopic (exact) mass is 235 g/mol. The average molecular weight is 235 g/mol. The van der Waals surface area contributed by atoms with E-state index in [1.54, 1.807) is 11.3 Å². The highest BCUT2D eigenvalue weighted by Crippen LogP contribution is 2.31. The van der Waals surface area contributed by atoms with Gasteiger partial charge in [0, 0.05) is 4.88 Å². The Balaban J connectivity index is 2.13. The van der Waals surface area contributed by atoms with Crippen molar-refractivity contribution in [3.63, 3.8) is 0 Å². The normalized spacial score (nSPS) is 23.0. The maximum absolute atomic E-state index is 6.38. The molecular weight excluding hydrogens is 214 g/mol. The SMILES string of the molecule is Cc1ccsc1C(N)/C1=C/CCCCCC1. The zero-order chi connectivity index (χ0) is 11.4. The Morgan fingerprint density at radius 1 is 1.25 bits per heavy atom. The molecule has 0 fully saturated rings. The lowest BCUT2D eigenvalue weighted by atomic mass is 9.94. The largest absolute Gasteiger partial charge is 0.320 e. The second-order valence-electron chi connectivity index (χ2n) is 4.68. The number of hydrogen-bond acceptors (Lipinski definition) is 2. The van der Waals surface area contributed by atoms with Crippen molar-refractivity contribution in [2.75, 3.05) is 0 Å². The number of rotatable bonds is 2. The van der Waals surface area contributed by atoms with Crippen molar-refractivity contribution in [1.29, 1.82) is 0 Å². The molecule has 88 valence electrons. The van der Waals surface area contributed by atoms with E-state index >= 15 is 0 Å². The van der Waals surface area contributed by atoms with E-state index in [0.29, 0.717) is 0 Å². The molecule has 0 aliphatic heterocycles. The molecule has 1 aliphatic carbocycles. The van der Waals surface area contributed by atoms with Gasteiger partial charge in [-0.3, -0.25) is 0 Å². The number of nitrogens with two attached hydrogens (primary N) is 1. The van der Waals surface area contributed by atoms with E-state index < -0.39 is 0 Å². The second kappa shape index (κ2) is 5.65. The van der Waals surface area contributed by atoms with Crippen LogP contribution >= 0.6 is 11.3 Å². The lowest BCUT2D eigenvalue weighted by Gasteiger charge is -2.18. The highest BCUT2D eigenvalue weighted by atomic mass is 32.1. The van der Waals surface area contributed by atoms with Gasteiger partial charge in [-0.1, -0.05) is 24.5 Å². The Labute approximate surface area is 102 Å². The van der Waals surface area contributed by atoms with Crippen LogP contribution in [0.5, 0.6) is 0 Å². The molecule has 0 saturated heterocycles. The predicted octanol–water partition coefficient (Wildman–Crippen LogP) is 4.34. The van der Waals surface area contributed by atoms with E-state index in [4.69, 9.17) is 5.73 Å². The summed E-state index contributed by atoms with van der Waals surface area (Å²) in [5.74, 6) is 0. The number of thiophene rings is 1. The van der Waals surface area contributed by atoms with Crippen LogP contribution < -0.4 is 5.73 Å². The van der Waals surface area contributed by atoms with Gasteiger partial charge >= 0.3 is 0 Å². The van der Waals surface area contributed by atoms with Crippen LogP contribution in [0.15, 0.2) is 23.1 Å². The fourth-order valence-corrected chi connectivity index (χ4v) is 3.34. The summed E-state index contributed by atoms with van der Waals surface area (Å²) in [6, 6.07) is 2.32. The van der Waals surface area contributed by atoms with Crippen molar-refractivity contribution in [2.45, 2.75) is 51.5 Å². The summed E-state index contributed by atoms with van der Waals surface area (Å²) in [4.78, 5) is 1.35. The van der Waals surface area contributed by atoms with E-state index in [9.17, 15) is 0 Å². The molecular formula is C14H21NS. The van der Waals surface area contributed by atoms with Crippen LogP contribution in [0.1, 0.15) is 55.0 Å². The van der Waals surface area contributed by atoms with Gasteiger partial charge in [-0.25, -0.2) is 0 Å².